The van der Waals surface area contributed by atoms with Crippen LogP contribution in [0, 0.1) is 0 Å². The zero-order valence-corrected chi connectivity index (χ0v) is 39.4. The Morgan fingerprint density at radius 1 is 0.361 bits per heavy atom. The summed E-state index contributed by atoms with van der Waals surface area (Å²) in [5.41, 5.74) is 0. The molecule has 346 valence electrons. The molecule has 0 spiro atoms. The molecule has 0 saturated heterocycles. The van der Waals surface area contributed by atoms with E-state index in [-0.39, 0.29) is 37.5 Å². The van der Waals surface area contributed by atoms with Crippen molar-refractivity contribution in [1.82, 2.24) is 0 Å². The van der Waals surface area contributed by atoms with Gasteiger partial charge in [0.2, 0.25) is 0 Å². The maximum absolute atomic E-state index is 12.7. The summed E-state index contributed by atoms with van der Waals surface area (Å²) < 4.78 is 16.7. The number of carbonyl (C=O) groups excluding carboxylic acids is 3. The van der Waals surface area contributed by atoms with Crippen LogP contribution in [0.5, 0.6) is 0 Å². The van der Waals surface area contributed by atoms with E-state index >= 15 is 0 Å². The second kappa shape index (κ2) is 49.0. The number of allylic oxidation sites excluding steroid dienone is 16. The summed E-state index contributed by atoms with van der Waals surface area (Å²) in [5, 5.41) is 0. The van der Waals surface area contributed by atoms with Gasteiger partial charge < -0.3 is 14.2 Å². The second-order valence-electron chi connectivity index (χ2n) is 16.0. The number of hydrogen-bond donors (Lipinski definition) is 0. The van der Waals surface area contributed by atoms with Gasteiger partial charge in [-0.2, -0.15) is 0 Å². The molecule has 0 aromatic carbocycles. The predicted molar refractivity (Wildman–Crippen MR) is 260 cm³/mol. The largest absolute Gasteiger partial charge is 0.462 e. The van der Waals surface area contributed by atoms with Crippen LogP contribution in [-0.2, 0) is 28.6 Å². The standard InChI is InChI=1S/C55H90O6/c1-4-7-10-13-16-19-21-23-25-27-28-30-31-33-36-39-42-45-48-54(57)60-51-52(50-59-53(56)47-44-41-38-35-18-15-12-9-6-3)61-55(58)49-46-43-40-37-34-32-29-26-24-22-20-17-14-11-8-5-2/h8-9,11-12,17-18,20,24-28,30,32,34-35,52H,4-7,10,13-16,19,21-23,29,31,33,36-51H2,1-3H3/b11-8-,12-9-,20-17-,26-24-,27-25-,30-28-,34-32-,35-18-. The Hall–Kier alpha value is -3.67. The summed E-state index contributed by atoms with van der Waals surface area (Å²) >= 11 is 0. The van der Waals surface area contributed by atoms with E-state index in [0.717, 1.165) is 116 Å². The molecule has 0 aliphatic carbocycles. The van der Waals surface area contributed by atoms with E-state index in [9.17, 15) is 14.4 Å². The molecule has 0 bridgehead atoms. The van der Waals surface area contributed by atoms with E-state index in [1.54, 1.807) is 0 Å². The predicted octanol–water partition coefficient (Wildman–Crippen LogP) is 16.2. The first-order chi connectivity index (χ1) is 30.0. The van der Waals surface area contributed by atoms with Crippen molar-refractivity contribution in [2.75, 3.05) is 13.2 Å². The Bertz CT molecular complexity index is 1250. The molecule has 0 radical (unpaired) electrons. The SMILES string of the molecule is CC/C=C\C/C=C\C/C=C\C/C=C\CCCCCC(=O)OC(COC(=O)CCCC/C=C\C/C=C\CC)COC(=O)CCCCCCC/C=C\C=C/CCCCCCCCC. The van der Waals surface area contributed by atoms with E-state index in [4.69, 9.17) is 14.2 Å². The third kappa shape index (κ3) is 47.2. The third-order valence-electron chi connectivity index (χ3n) is 10.1. The molecule has 0 aromatic rings. The Morgan fingerprint density at radius 2 is 0.689 bits per heavy atom. The first kappa shape index (κ1) is 57.3. The molecule has 61 heavy (non-hydrogen) atoms. The molecule has 6 nitrogen and oxygen atoms in total. The van der Waals surface area contributed by atoms with Crippen molar-refractivity contribution in [1.29, 1.82) is 0 Å². The monoisotopic (exact) mass is 847 g/mol. The molecule has 1 unspecified atom stereocenters. The lowest BCUT2D eigenvalue weighted by Crippen LogP contribution is -2.30. The van der Waals surface area contributed by atoms with Crippen molar-refractivity contribution in [3.8, 4) is 0 Å². The van der Waals surface area contributed by atoms with Crippen LogP contribution in [0.4, 0.5) is 0 Å². The van der Waals surface area contributed by atoms with Crippen LogP contribution < -0.4 is 0 Å². The molecule has 0 fully saturated rings. The van der Waals surface area contributed by atoms with Crippen LogP contribution in [0.15, 0.2) is 97.2 Å². The quantitative estimate of drug-likeness (QED) is 0.0200. The average Bonchev–Trinajstić information content (AvgIpc) is 3.26. The average molecular weight is 847 g/mol. The van der Waals surface area contributed by atoms with Crippen LogP contribution >= 0.6 is 0 Å². The zero-order chi connectivity index (χ0) is 44.4. The van der Waals surface area contributed by atoms with Crippen molar-refractivity contribution in [3.05, 3.63) is 97.2 Å². The van der Waals surface area contributed by atoms with E-state index < -0.39 is 6.10 Å². The molecule has 0 aromatic heterocycles. The molecule has 0 heterocycles. The van der Waals surface area contributed by atoms with Crippen LogP contribution in [0.2, 0.25) is 0 Å². The summed E-state index contributed by atoms with van der Waals surface area (Å²) in [5.74, 6) is -1.00. The Morgan fingerprint density at radius 3 is 1.15 bits per heavy atom. The van der Waals surface area contributed by atoms with Crippen LogP contribution in [0.25, 0.3) is 0 Å². The van der Waals surface area contributed by atoms with Gasteiger partial charge in [0.25, 0.3) is 0 Å². The first-order valence-corrected chi connectivity index (χ1v) is 24.8. The molecule has 0 N–H and O–H groups in total. The van der Waals surface area contributed by atoms with Gasteiger partial charge >= 0.3 is 17.9 Å². The first-order valence-electron chi connectivity index (χ1n) is 24.8. The third-order valence-corrected chi connectivity index (χ3v) is 10.1. The molecule has 0 aliphatic rings. The number of carbonyl (C=O) groups is 3. The molecule has 1 atom stereocenters. The van der Waals surface area contributed by atoms with Gasteiger partial charge in [-0.25, -0.2) is 0 Å². The van der Waals surface area contributed by atoms with E-state index in [2.05, 4.69) is 118 Å². The smallest absolute Gasteiger partial charge is 0.306 e. The number of unbranched alkanes of at least 4 members (excludes halogenated alkanes) is 17. The molecule has 0 amide bonds. The highest BCUT2D eigenvalue weighted by Crippen LogP contribution is 2.12. The second-order valence-corrected chi connectivity index (χ2v) is 16.0. The highest BCUT2D eigenvalue weighted by molar-refractivity contribution is 5.71. The number of rotatable bonds is 43. The van der Waals surface area contributed by atoms with Gasteiger partial charge in [0.15, 0.2) is 6.10 Å². The van der Waals surface area contributed by atoms with Crippen molar-refractivity contribution < 1.29 is 28.6 Å². The zero-order valence-electron chi connectivity index (χ0n) is 39.4. The number of ether oxygens (including phenoxy) is 3. The van der Waals surface area contributed by atoms with Crippen molar-refractivity contribution >= 4 is 17.9 Å². The van der Waals surface area contributed by atoms with Gasteiger partial charge in [0, 0.05) is 19.3 Å². The van der Waals surface area contributed by atoms with Gasteiger partial charge in [-0.1, -0.05) is 182 Å². The minimum absolute atomic E-state index is 0.110. The molecule has 6 heteroatoms. The van der Waals surface area contributed by atoms with Gasteiger partial charge in [-0.15, -0.1) is 0 Å². The molecule has 0 saturated carbocycles. The van der Waals surface area contributed by atoms with Crippen LogP contribution in [0.1, 0.15) is 213 Å². The van der Waals surface area contributed by atoms with Crippen LogP contribution in [0.3, 0.4) is 0 Å². The Labute approximate surface area is 375 Å². The maximum Gasteiger partial charge on any atom is 0.306 e. The molecular weight excluding hydrogens is 757 g/mol. The lowest BCUT2D eigenvalue weighted by Gasteiger charge is -2.18. The van der Waals surface area contributed by atoms with E-state index in [1.807, 2.05) is 0 Å². The fourth-order valence-corrected chi connectivity index (χ4v) is 6.40. The summed E-state index contributed by atoms with van der Waals surface area (Å²) in [4.78, 5) is 37.8. The summed E-state index contributed by atoms with van der Waals surface area (Å²) in [6, 6.07) is 0. The Kier molecular flexibility index (Phi) is 46.0. The minimum Gasteiger partial charge on any atom is -0.462 e. The normalized spacial score (nSPS) is 12.9. The van der Waals surface area contributed by atoms with E-state index in [0.29, 0.717) is 19.3 Å². The fourth-order valence-electron chi connectivity index (χ4n) is 6.40. The maximum atomic E-state index is 12.7. The summed E-state index contributed by atoms with van der Waals surface area (Å²) in [6.45, 7) is 6.31. The van der Waals surface area contributed by atoms with Crippen molar-refractivity contribution in [2.45, 2.75) is 219 Å². The van der Waals surface area contributed by atoms with Crippen molar-refractivity contribution in [3.63, 3.8) is 0 Å². The van der Waals surface area contributed by atoms with Crippen molar-refractivity contribution in [2.24, 2.45) is 0 Å². The topological polar surface area (TPSA) is 78.9 Å². The lowest BCUT2D eigenvalue weighted by atomic mass is 10.1. The highest BCUT2D eigenvalue weighted by atomic mass is 16.6. The summed E-state index contributed by atoms with van der Waals surface area (Å²) in [6.07, 6.45) is 64.1. The van der Waals surface area contributed by atoms with Crippen LogP contribution in [-0.4, -0.2) is 37.2 Å². The fraction of sp³-hybridized carbons (Fsp3) is 0.655. The minimum atomic E-state index is -0.813. The van der Waals surface area contributed by atoms with Gasteiger partial charge in [0.1, 0.15) is 13.2 Å². The van der Waals surface area contributed by atoms with E-state index in [1.165, 1.54) is 51.4 Å². The Balaban J connectivity index is 4.45. The lowest BCUT2D eigenvalue weighted by molar-refractivity contribution is -0.167. The molecular formula is C55H90O6. The van der Waals surface area contributed by atoms with Gasteiger partial charge in [0.05, 0.1) is 0 Å². The molecule has 0 rings (SSSR count). The number of hydrogen-bond acceptors (Lipinski definition) is 6. The molecule has 0 aliphatic heterocycles. The van der Waals surface area contributed by atoms with Gasteiger partial charge in [-0.05, 0) is 109 Å². The number of esters is 3. The van der Waals surface area contributed by atoms with Gasteiger partial charge in [-0.3, -0.25) is 14.4 Å². The highest BCUT2D eigenvalue weighted by Gasteiger charge is 2.19. The summed E-state index contributed by atoms with van der Waals surface area (Å²) in [7, 11) is 0.